The van der Waals surface area contributed by atoms with Crippen molar-refractivity contribution < 1.29 is 9.15 Å². The zero-order chi connectivity index (χ0) is 9.97. The minimum absolute atomic E-state index is 0.107. The van der Waals surface area contributed by atoms with E-state index >= 15 is 0 Å². The first kappa shape index (κ1) is 9.18. The normalized spacial score (nSPS) is 13.3. The second-order valence-corrected chi connectivity index (χ2v) is 2.98. The highest BCUT2D eigenvalue weighted by Crippen LogP contribution is 2.19. The number of hydrogen-bond acceptors (Lipinski definition) is 4. The van der Waals surface area contributed by atoms with E-state index in [-0.39, 0.29) is 6.23 Å². The summed E-state index contributed by atoms with van der Waals surface area (Å²) in [5.74, 6) is 0. The van der Waals surface area contributed by atoms with E-state index in [1.165, 1.54) is 6.39 Å². The SMILES string of the molecule is CNC(OC)c1ccc2ncoc2c1. The van der Waals surface area contributed by atoms with Gasteiger partial charge in [0.1, 0.15) is 11.7 Å². The van der Waals surface area contributed by atoms with Crippen LogP contribution in [0.25, 0.3) is 11.1 Å². The van der Waals surface area contributed by atoms with Crippen molar-refractivity contribution in [1.29, 1.82) is 0 Å². The van der Waals surface area contributed by atoms with Gasteiger partial charge in [-0.05, 0) is 24.7 Å². The van der Waals surface area contributed by atoms with Crippen LogP contribution in [0.1, 0.15) is 11.8 Å². The van der Waals surface area contributed by atoms with Crippen molar-refractivity contribution in [3.05, 3.63) is 30.2 Å². The lowest BCUT2D eigenvalue weighted by atomic mass is 10.2. The summed E-state index contributed by atoms with van der Waals surface area (Å²) in [5, 5.41) is 3.04. The van der Waals surface area contributed by atoms with Crippen molar-refractivity contribution in [2.75, 3.05) is 14.2 Å². The molecule has 0 amide bonds. The molecule has 1 aromatic carbocycles. The van der Waals surface area contributed by atoms with E-state index in [0.29, 0.717) is 0 Å². The first-order chi connectivity index (χ1) is 6.85. The number of nitrogens with one attached hydrogen (secondary N) is 1. The average Bonchev–Trinajstić information content (AvgIpc) is 2.66. The fourth-order valence-corrected chi connectivity index (χ4v) is 1.46. The van der Waals surface area contributed by atoms with E-state index in [4.69, 9.17) is 9.15 Å². The Kier molecular flexibility index (Phi) is 2.47. The van der Waals surface area contributed by atoms with Crippen LogP contribution >= 0.6 is 0 Å². The van der Waals surface area contributed by atoms with Gasteiger partial charge in [0.15, 0.2) is 12.0 Å². The zero-order valence-corrected chi connectivity index (χ0v) is 8.15. The molecule has 1 heterocycles. The topological polar surface area (TPSA) is 47.3 Å². The van der Waals surface area contributed by atoms with Gasteiger partial charge in [0.05, 0.1) is 0 Å². The molecule has 0 fully saturated rings. The van der Waals surface area contributed by atoms with Crippen molar-refractivity contribution in [2.45, 2.75) is 6.23 Å². The average molecular weight is 192 g/mol. The number of nitrogens with zero attached hydrogens (tertiary/aromatic N) is 1. The number of fused-ring (bicyclic) bond motifs is 1. The Balaban J connectivity index is 2.42. The Morgan fingerprint density at radius 3 is 3.07 bits per heavy atom. The fourth-order valence-electron chi connectivity index (χ4n) is 1.46. The Labute approximate surface area is 81.9 Å². The first-order valence-corrected chi connectivity index (χ1v) is 4.38. The van der Waals surface area contributed by atoms with Crippen LogP contribution < -0.4 is 5.32 Å². The Morgan fingerprint density at radius 2 is 2.36 bits per heavy atom. The molecule has 74 valence electrons. The molecule has 4 nitrogen and oxygen atoms in total. The van der Waals surface area contributed by atoms with E-state index in [1.54, 1.807) is 7.11 Å². The highest BCUT2D eigenvalue weighted by Gasteiger charge is 2.08. The summed E-state index contributed by atoms with van der Waals surface area (Å²) in [6, 6.07) is 5.81. The number of benzene rings is 1. The van der Waals surface area contributed by atoms with Gasteiger partial charge in [0, 0.05) is 7.11 Å². The predicted molar refractivity (Wildman–Crippen MR) is 52.8 cm³/mol. The van der Waals surface area contributed by atoms with Gasteiger partial charge in [-0.25, -0.2) is 4.98 Å². The van der Waals surface area contributed by atoms with Crippen LogP contribution in [0.4, 0.5) is 0 Å². The maximum atomic E-state index is 5.24. The van der Waals surface area contributed by atoms with Crippen molar-refractivity contribution in [3.63, 3.8) is 0 Å². The predicted octanol–water partition coefficient (Wildman–Crippen LogP) is 1.69. The van der Waals surface area contributed by atoms with Crippen LogP contribution in [0.2, 0.25) is 0 Å². The lowest BCUT2D eigenvalue weighted by molar-refractivity contribution is 0.0809. The molecule has 14 heavy (non-hydrogen) atoms. The Bertz CT molecular complexity index is 421. The van der Waals surface area contributed by atoms with E-state index in [9.17, 15) is 0 Å². The lowest BCUT2D eigenvalue weighted by Gasteiger charge is -2.13. The second-order valence-electron chi connectivity index (χ2n) is 2.98. The van der Waals surface area contributed by atoms with Crippen LogP contribution in [0.15, 0.2) is 29.0 Å². The molecule has 0 radical (unpaired) electrons. The molecule has 2 aromatic rings. The number of oxazole rings is 1. The molecule has 1 N–H and O–H groups in total. The molecule has 0 saturated heterocycles. The van der Waals surface area contributed by atoms with E-state index in [0.717, 1.165) is 16.7 Å². The first-order valence-electron chi connectivity index (χ1n) is 4.38. The third-order valence-corrected chi connectivity index (χ3v) is 2.16. The monoisotopic (exact) mass is 192 g/mol. The maximum absolute atomic E-state index is 5.24. The van der Waals surface area contributed by atoms with Crippen molar-refractivity contribution in [1.82, 2.24) is 10.3 Å². The van der Waals surface area contributed by atoms with Crippen molar-refractivity contribution >= 4 is 11.1 Å². The standard InChI is InChI=1S/C10H12N2O2/c1-11-10(13-2)7-3-4-8-9(5-7)14-6-12-8/h3-6,10-11H,1-2H3. The number of hydrogen-bond donors (Lipinski definition) is 1. The molecule has 0 spiro atoms. The molecule has 0 saturated carbocycles. The minimum atomic E-state index is -0.107. The summed E-state index contributed by atoms with van der Waals surface area (Å²) in [7, 11) is 3.50. The van der Waals surface area contributed by atoms with Crippen LogP contribution in [0.3, 0.4) is 0 Å². The molecule has 0 bridgehead atoms. The summed E-state index contributed by atoms with van der Waals surface area (Å²) in [6.45, 7) is 0. The summed E-state index contributed by atoms with van der Waals surface area (Å²) in [4.78, 5) is 4.04. The lowest BCUT2D eigenvalue weighted by Crippen LogP contribution is -2.17. The zero-order valence-electron chi connectivity index (χ0n) is 8.15. The van der Waals surface area contributed by atoms with Crippen LogP contribution in [0.5, 0.6) is 0 Å². The molecule has 1 unspecified atom stereocenters. The third-order valence-electron chi connectivity index (χ3n) is 2.16. The summed E-state index contributed by atoms with van der Waals surface area (Å²) < 4.78 is 10.4. The summed E-state index contributed by atoms with van der Waals surface area (Å²) in [6.07, 6.45) is 1.33. The molecule has 0 aliphatic rings. The molecule has 1 aromatic heterocycles. The molecular weight excluding hydrogens is 180 g/mol. The van der Waals surface area contributed by atoms with Gasteiger partial charge in [0.2, 0.25) is 0 Å². The highest BCUT2D eigenvalue weighted by molar-refractivity contribution is 5.72. The largest absolute Gasteiger partial charge is 0.443 e. The van der Waals surface area contributed by atoms with Crippen molar-refractivity contribution in [2.24, 2.45) is 0 Å². The van der Waals surface area contributed by atoms with Gasteiger partial charge in [-0.1, -0.05) is 6.07 Å². The molecule has 0 aliphatic carbocycles. The summed E-state index contributed by atoms with van der Waals surface area (Å²) >= 11 is 0. The number of rotatable bonds is 3. The number of aromatic nitrogens is 1. The molecule has 2 rings (SSSR count). The molecule has 1 atom stereocenters. The van der Waals surface area contributed by atoms with Crippen molar-refractivity contribution in [3.8, 4) is 0 Å². The van der Waals surface area contributed by atoms with Crippen LogP contribution in [-0.4, -0.2) is 19.1 Å². The van der Waals surface area contributed by atoms with Gasteiger partial charge in [0.25, 0.3) is 0 Å². The smallest absolute Gasteiger partial charge is 0.181 e. The van der Waals surface area contributed by atoms with E-state index in [2.05, 4.69) is 10.3 Å². The van der Waals surface area contributed by atoms with Crippen LogP contribution in [0, 0.1) is 0 Å². The highest BCUT2D eigenvalue weighted by atomic mass is 16.5. The number of methoxy groups -OCH3 is 1. The minimum Gasteiger partial charge on any atom is -0.443 e. The quantitative estimate of drug-likeness (QED) is 0.752. The van der Waals surface area contributed by atoms with E-state index in [1.807, 2.05) is 25.2 Å². The third kappa shape index (κ3) is 1.49. The van der Waals surface area contributed by atoms with Gasteiger partial charge in [-0.3, -0.25) is 5.32 Å². The van der Waals surface area contributed by atoms with E-state index < -0.39 is 0 Å². The Hall–Kier alpha value is -1.39. The fraction of sp³-hybridized carbons (Fsp3) is 0.300. The summed E-state index contributed by atoms with van der Waals surface area (Å²) in [5.41, 5.74) is 2.67. The molecule has 0 aliphatic heterocycles. The van der Waals surface area contributed by atoms with Gasteiger partial charge in [-0.2, -0.15) is 0 Å². The second kappa shape index (κ2) is 3.77. The van der Waals surface area contributed by atoms with Gasteiger partial charge in [-0.15, -0.1) is 0 Å². The van der Waals surface area contributed by atoms with Gasteiger partial charge < -0.3 is 9.15 Å². The Morgan fingerprint density at radius 1 is 1.50 bits per heavy atom. The maximum Gasteiger partial charge on any atom is 0.181 e. The van der Waals surface area contributed by atoms with Crippen LogP contribution in [-0.2, 0) is 4.74 Å². The molecular formula is C10H12N2O2. The molecule has 4 heteroatoms. The number of ether oxygens (including phenoxy) is 1. The van der Waals surface area contributed by atoms with Gasteiger partial charge >= 0.3 is 0 Å².